The van der Waals surface area contributed by atoms with E-state index in [4.69, 9.17) is 10.5 Å². The normalized spacial score (nSPS) is 11.9. The molecule has 124 valence electrons. The molecule has 0 saturated carbocycles. The summed E-state index contributed by atoms with van der Waals surface area (Å²) in [7, 11) is 5.13. The molecule has 2 heterocycles. The van der Waals surface area contributed by atoms with Gasteiger partial charge in [-0.1, -0.05) is 13.3 Å². The van der Waals surface area contributed by atoms with E-state index in [-0.39, 0.29) is 11.2 Å². The van der Waals surface area contributed by atoms with Gasteiger partial charge in [0.15, 0.2) is 12.4 Å². The first-order valence-electron chi connectivity index (χ1n) is 7.19. The molecule has 1 N–H and O–H groups in total. The molecule has 0 radical (unpaired) electrons. The smallest absolute Gasteiger partial charge is 0.332 e. The van der Waals surface area contributed by atoms with Gasteiger partial charge in [-0.15, -0.1) is 0 Å². The third-order valence-electron chi connectivity index (χ3n) is 3.57. The number of nitriles is 2. The molecule has 1 aromatic rings. The molecule has 1 aliphatic heterocycles. The molecule has 0 bridgehead atoms. The fraction of sp³-hybridized carbons (Fsp3) is 0.571. The van der Waals surface area contributed by atoms with Gasteiger partial charge >= 0.3 is 5.69 Å². The molecule has 1 aliphatic rings. The van der Waals surface area contributed by atoms with Crippen LogP contribution < -0.4 is 26.4 Å². The quantitative estimate of drug-likeness (QED) is 0.598. The largest absolute Gasteiger partial charge is 0.349 e. The molecule has 0 aromatic carbocycles. The van der Waals surface area contributed by atoms with Gasteiger partial charge in [0.25, 0.3) is 5.56 Å². The Morgan fingerprint density at radius 3 is 2.22 bits per heavy atom. The number of hydrogen-bond acceptors (Lipinski definition) is 7. The van der Waals surface area contributed by atoms with Crippen LogP contribution >= 0.6 is 0 Å². The van der Waals surface area contributed by atoms with Gasteiger partial charge < -0.3 is 9.80 Å². The van der Waals surface area contributed by atoms with E-state index in [9.17, 15) is 9.59 Å². The lowest BCUT2D eigenvalue weighted by molar-refractivity contribution is 0.669. The fourth-order valence-electron chi connectivity index (χ4n) is 2.46. The zero-order chi connectivity index (χ0) is 17.6. The summed E-state index contributed by atoms with van der Waals surface area (Å²) in [6.07, 6.45) is 4.96. The van der Waals surface area contributed by atoms with Crippen LogP contribution in [0, 0.1) is 22.9 Å². The van der Waals surface area contributed by atoms with E-state index in [0.717, 1.165) is 25.2 Å². The van der Waals surface area contributed by atoms with Crippen LogP contribution in [-0.2, 0) is 14.1 Å². The topological polar surface area (TPSA) is 110 Å². The van der Waals surface area contributed by atoms with Crippen LogP contribution in [0.3, 0.4) is 0 Å². The van der Waals surface area contributed by atoms with Crippen molar-refractivity contribution in [3.05, 3.63) is 20.8 Å². The van der Waals surface area contributed by atoms with Crippen LogP contribution in [0.15, 0.2) is 9.59 Å². The van der Waals surface area contributed by atoms with E-state index in [1.807, 2.05) is 11.9 Å². The molecule has 2 rings (SSSR count). The predicted molar refractivity (Wildman–Crippen MR) is 86.8 cm³/mol. The summed E-state index contributed by atoms with van der Waals surface area (Å²) >= 11 is 0. The Bertz CT molecular complexity index is 739. The van der Waals surface area contributed by atoms with Crippen LogP contribution in [0.25, 0.3) is 0 Å². The van der Waals surface area contributed by atoms with Crippen LogP contribution in [0.2, 0.25) is 0 Å². The first kappa shape index (κ1) is 18.1. The van der Waals surface area contributed by atoms with E-state index in [2.05, 4.69) is 11.8 Å². The monoisotopic (exact) mass is 319 g/mol. The fourth-order valence-corrected chi connectivity index (χ4v) is 2.46. The summed E-state index contributed by atoms with van der Waals surface area (Å²) in [6, 6.07) is 0. The van der Waals surface area contributed by atoms with E-state index in [1.54, 1.807) is 16.9 Å². The van der Waals surface area contributed by atoms with Crippen molar-refractivity contribution in [2.24, 2.45) is 14.1 Å². The zero-order valence-corrected chi connectivity index (χ0v) is 13.8. The summed E-state index contributed by atoms with van der Waals surface area (Å²) in [5.74, 6) is 0.749. The van der Waals surface area contributed by atoms with E-state index in [1.165, 1.54) is 24.0 Å². The number of nitrogens with one attached hydrogen (secondary N) is 1. The second-order valence-corrected chi connectivity index (χ2v) is 5.18. The van der Waals surface area contributed by atoms with Crippen molar-refractivity contribution < 1.29 is 0 Å². The van der Waals surface area contributed by atoms with Crippen molar-refractivity contribution in [3.8, 4) is 12.4 Å². The number of fused-ring (bicyclic) bond motifs is 1. The number of aromatic nitrogens is 2. The molecule has 1 aromatic heterocycles. The minimum Gasteiger partial charge on any atom is -0.349 e. The summed E-state index contributed by atoms with van der Waals surface area (Å²) < 4.78 is 2.73. The molecule has 9 heteroatoms. The van der Waals surface area contributed by atoms with Gasteiger partial charge in [-0.3, -0.25) is 13.9 Å². The number of unbranched alkanes of at least 4 members (excludes halogenated alkanes) is 1. The lowest BCUT2D eigenvalue weighted by Gasteiger charge is -2.20. The van der Waals surface area contributed by atoms with Crippen molar-refractivity contribution in [1.29, 1.82) is 10.5 Å². The Labute approximate surface area is 134 Å². The van der Waals surface area contributed by atoms with Crippen LogP contribution in [-0.4, -0.2) is 29.4 Å². The summed E-state index contributed by atoms with van der Waals surface area (Å²) in [5, 5.41) is 16.7. The first-order valence-corrected chi connectivity index (χ1v) is 7.19. The lowest BCUT2D eigenvalue weighted by atomic mass is 10.3. The number of anilines is 2. The van der Waals surface area contributed by atoms with Crippen molar-refractivity contribution in [3.63, 3.8) is 0 Å². The molecule has 0 amide bonds. The highest BCUT2D eigenvalue weighted by molar-refractivity contribution is 5.71. The van der Waals surface area contributed by atoms with Gasteiger partial charge in [-0.2, -0.15) is 10.5 Å². The Balaban J connectivity index is 0.000000463. The summed E-state index contributed by atoms with van der Waals surface area (Å²) in [4.78, 5) is 28.1. The molecule has 0 aliphatic carbocycles. The maximum absolute atomic E-state index is 12.1. The lowest BCUT2D eigenvalue weighted by Crippen LogP contribution is -2.39. The van der Waals surface area contributed by atoms with E-state index in [0.29, 0.717) is 12.4 Å². The Hall–Kier alpha value is -2.94. The van der Waals surface area contributed by atoms with Gasteiger partial charge in [0.1, 0.15) is 11.5 Å². The average molecular weight is 319 g/mol. The standard InChI is InChI=1S/C12H20N4O2.C2HN3/c1-5-6-7-16-8-13(2)9-10(16)14(3)12(18)15(4)11(9)17;3-1-5-2-4/h5-8H2,1-4H3;5H. The highest BCUT2D eigenvalue weighted by Crippen LogP contribution is 2.29. The minimum absolute atomic E-state index is 0.213. The third kappa shape index (κ3) is 3.64. The predicted octanol–water partition coefficient (Wildman–Crippen LogP) is -0.364. The zero-order valence-electron chi connectivity index (χ0n) is 13.8. The van der Waals surface area contributed by atoms with Gasteiger partial charge in [-0.25, -0.2) is 10.1 Å². The van der Waals surface area contributed by atoms with Gasteiger partial charge in [0.05, 0.1) is 6.67 Å². The molecule has 0 unspecified atom stereocenters. The molecule has 0 atom stereocenters. The second kappa shape index (κ2) is 7.90. The van der Waals surface area contributed by atoms with Crippen LogP contribution in [0.4, 0.5) is 11.5 Å². The SMILES string of the molecule is CCCCN1CN(C)c2c1n(C)c(=O)n(C)c2=O.N#CNC#N. The van der Waals surface area contributed by atoms with Crippen molar-refractivity contribution in [2.45, 2.75) is 19.8 Å². The maximum atomic E-state index is 12.1. The van der Waals surface area contributed by atoms with Gasteiger partial charge in [0, 0.05) is 27.7 Å². The number of hydrogen-bond donors (Lipinski definition) is 1. The Kier molecular flexibility index (Phi) is 6.22. The Morgan fingerprint density at radius 2 is 1.74 bits per heavy atom. The van der Waals surface area contributed by atoms with Gasteiger partial charge in [-0.05, 0) is 6.42 Å². The summed E-state index contributed by atoms with van der Waals surface area (Å²) in [6.45, 7) is 3.67. The molecule has 0 fully saturated rings. The van der Waals surface area contributed by atoms with Crippen LogP contribution in [0.1, 0.15) is 19.8 Å². The minimum atomic E-state index is -0.268. The molecular weight excluding hydrogens is 298 g/mol. The molecule has 23 heavy (non-hydrogen) atoms. The molecule has 0 saturated heterocycles. The molecule has 0 spiro atoms. The molecule has 9 nitrogen and oxygen atoms in total. The van der Waals surface area contributed by atoms with Crippen LogP contribution in [0.5, 0.6) is 0 Å². The van der Waals surface area contributed by atoms with E-state index >= 15 is 0 Å². The Morgan fingerprint density at radius 1 is 1.13 bits per heavy atom. The van der Waals surface area contributed by atoms with E-state index < -0.39 is 0 Å². The number of nitrogens with zero attached hydrogens (tertiary/aromatic N) is 6. The highest BCUT2D eigenvalue weighted by atomic mass is 16.2. The van der Waals surface area contributed by atoms with Crippen molar-refractivity contribution in [1.82, 2.24) is 14.5 Å². The first-order chi connectivity index (χ1) is 10.9. The van der Waals surface area contributed by atoms with Crippen molar-refractivity contribution >= 4 is 11.5 Å². The highest BCUT2D eigenvalue weighted by Gasteiger charge is 2.29. The molecular formula is C14H21N7O2. The maximum Gasteiger partial charge on any atom is 0.332 e. The van der Waals surface area contributed by atoms with Crippen molar-refractivity contribution in [2.75, 3.05) is 30.1 Å². The number of rotatable bonds is 3. The van der Waals surface area contributed by atoms with Gasteiger partial charge in [0.2, 0.25) is 0 Å². The summed E-state index contributed by atoms with van der Waals surface area (Å²) in [5.41, 5.74) is 0.140. The second-order valence-electron chi connectivity index (χ2n) is 5.18. The average Bonchev–Trinajstić information content (AvgIpc) is 2.86. The third-order valence-corrected chi connectivity index (χ3v) is 3.57.